The van der Waals surface area contributed by atoms with Crippen LogP contribution < -0.4 is 0 Å². The zero-order valence-electron chi connectivity index (χ0n) is 28.2. The maximum Gasteiger partial charge on any atom is 0.258 e. The molecule has 0 amide bonds. The van der Waals surface area contributed by atoms with Gasteiger partial charge in [-0.25, -0.2) is 55.1 Å². The summed E-state index contributed by atoms with van der Waals surface area (Å²) in [6, 6.07) is 0. The predicted molar refractivity (Wildman–Crippen MR) is 182 cm³/mol. The highest BCUT2D eigenvalue weighted by molar-refractivity contribution is 14.1. The van der Waals surface area contributed by atoms with E-state index in [0.29, 0.717) is 12.8 Å². The molecule has 0 unspecified atom stereocenters. The van der Waals surface area contributed by atoms with E-state index in [-0.39, 0.29) is 7.79 Å². The molecule has 0 atom stereocenters. The highest BCUT2D eigenvalue weighted by atomic mass is 127. The third-order valence-corrected chi connectivity index (χ3v) is 8.61. The second-order valence-corrected chi connectivity index (χ2v) is 13.0. The SMILES string of the molecule is Fc1nc(F)c(F)c(-c2nc(I)oc2-c2oc(I)nc2-c2c(F)c(F)nc(F)c2F)c1F.Fc1nc(F)c(F)c(-c2ncoc2-c2ocnc2-c2c(F)c(F)nc(F)c2F)c1F. The lowest BCUT2D eigenvalue weighted by molar-refractivity contribution is 0.410. The molecule has 0 spiro atoms. The second-order valence-electron chi connectivity index (χ2n) is 11.1. The molecule has 0 fully saturated rings. The van der Waals surface area contributed by atoms with Crippen molar-refractivity contribution < 1.29 is 87.9 Å². The molecule has 30 heteroatoms. The van der Waals surface area contributed by atoms with Gasteiger partial charge in [-0.2, -0.15) is 55.1 Å². The van der Waals surface area contributed by atoms with E-state index in [2.05, 4.69) is 39.9 Å². The van der Waals surface area contributed by atoms with Gasteiger partial charge in [0.25, 0.3) is 55.4 Å². The second kappa shape index (κ2) is 16.6. The van der Waals surface area contributed by atoms with Crippen molar-refractivity contribution in [1.29, 1.82) is 0 Å². The van der Waals surface area contributed by atoms with Crippen LogP contribution in [0.25, 0.3) is 68.1 Å². The first-order chi connectivity index (χ1) is 29.2. The lowest BCUT2D eigenvalue weighted by Crippen LogP contribution is -2.05. The summed E-state index contributed by atoms with van der Waals surface area (Å²) in [5, 5.41) is 0. The Labute approximate surface area is 354 Å². The molecule has 0 aliphatic carbocycles. The average Bonchev–Trinajstić information content (AvgIpc) is 4.03. The zero-order chi connectivity index (χ0) is 45.2. The van der Waals surface area contributed by atoms with Crippen molar-refractivity contribution in [2.24, 2.45) is 0 Å². The van der Waals surface area contributed by atoms with Gasteiger partial charge in [0.15, 0.2) is 70.8 Å². The molecule has 0 aliphatic heterocycles. The Morgan fingerprint density at radius 1 is 0.306 bits per heavy atom. The van der Waals surface area contributed by atoms with Crippen LogP contribution >= 0.6 is 45.2 Å². The van der Waals surface area contributed by atoms with E-state index < -0.39 is 162 Å². The molecule has 8 aromatic heterocycles. The first-order valence-electron chi connectivity index (χ1n) is 15.2. The summed E-state index contributed by atoms with van der Waals surface area (Å²) in [5.74, 6) is -35.2. The van der Waals surface area contributed by atoms with Crippen molar-refractivity contribution >= 4 is 45.2 Å². The summed E-state index contributed by atoms with van der Waals surface area (Å²) in [6.45, 7) is 0. The first kappa shape index (κ1) is 43.9. The van der Waals surface area contributed by atoms with E-state index in [4.69, 9.17) is 17.7 Å². The summed E-state index contributed by atoms with van der Waals surface area (Å²) < 4.78 is 241. The maximum atomic E-state index is 14.3. The van der Waals surface area contributed by atoms with Gasteiger partial charge in [0.05, 0.1) is 22.3 Å². The van der Waals surface area contributed by atoms with Crippen molar-refractivity contribution in [2.45, 2.75) is 0 Å². The number of nitrogens with zero attached hydrogens (tertiary/aromatic N) is 8. The van der Waals surface area contributed by atoms with Crippen LogP contribution in [0.15, 0.2) is 30.5 Å². The quantitative estimate of drug-likeness (QED) is 0.0884. The van der Waals surface area contributed by atoms with Crippen molar-refractivity contribution in [3.05, 3.63) is 115 Å². The van der Waals surface area contributed by atoms with E-state index >= 15 is 0 Å². The topological polar surface area (TPSA) is 156 Å². The third kappa shape index (κ3) is 7.45. The minimum Gasteiger partial charge on any atom is -0.439 e. The minimum atomic E-state index is -2.02. The van der Waals surface area contributed by atoms with Crippen LogP contribution in [-0.2, 0) is 0 Å². The van der Waals surface area contributed by atoms with Crippen LogP contribution in [0.3, 0.4) is 0 Å². The number of halogens is 18. The molecule has 0 radical (unpaired) electrons. The van der Waals surface area contributed by atoms with E-state index in [1.165, 1.54) is 45.2 Å². The monoisotopic (exact) mass is 1120 g/mol. The van der Waals surface area contributed by atoms with Gasteiger partial charge in [-0.05, 0) is 0 Å². The van der Waals surface area contributed by atoms with Gasteiger partial charge in [-0.3, -0.25) is 0 Å². The summed E-state index contributed by atoms with van der Waals surface area (Å²) in [5.41, 5.74) is -9.20. The molecule has 0 aromatic carbocycles. The molecule has 0 saturated carbocycles. The Morgan fingerprint density at radius 2 is 0.532 bits per heavy atom. The lowest BCUT2D eigenvalue weighted by Gasteiger charge is -2.07. The number of rotatable bonds is 6. The Morgan fingerprint density at radius 3 is 0.774 bits per heavy atom. The van der Waals surface area contributed by atoms with Crippen LogP contribution in [0.1, 0.15) is 0 Å². The summed E-state index contributed by atoms with van der Waals surface area (Å²) in [4.78, 5) is 23.7. The van der Waals surface area contributed by atoms with Gasteiger partial charge in [0.2, 0.25) is 11.5 Å². The Hall–Kier alpha value is -6.22. The molecule has 0 aliphatic rings. The zero-order valence-corrected chi connectivity index (χ0v) is 32.5. The largest absolute Gasteiger partial charge is 0.439 e. The van der Waals surface area contributed by atoms with Crippen molar-refractivity contribution in [3.63, 3.8) is 0 Å². The fraction of sp³-hybridized carbons (Fsp3) is 0. The summed E-state index contributed by atoms with van der Waals surface area (Å²) >= 11 is 2.82. The Balaban J connectivity index is 0.000000187. The molecule has 0 N–H and O–H groups in total. The maximum absolute atomic E-state index is 14.3. The molecular weight excluding hydrogens is 1120 g/mol. The predicted octanol–water partition coefficient (Wildman–Crippen LogP) is 10.3. The van der Waals surface area contributed by atoms with E-state index in [1.54, 1.807) is 0 Å². The minimum absolute atomic E-state index is 0.366. The van der Waals surface area contributed by atoms with Gasteiger partial charge >= 0.3 is 0 Å². The Bertz CT molecular complexity index is 2810. The molecule has 320 valence electrons. The number of hydrogen-bond donors (Lipinski definition) is 0. The van der Waals surface area contributed by atoms with Gasteiger partial charge in [0.1, 0.15) is 22.8 Å². The highest BCUT2D eigenvalue weighted by Gasteiger charge is 2.36. The molecule has 0 bridgehead atoms. The summed E-state index contributed by atoms with van der Waals surface area (Å²) in [6.07, 6.45) is 1.10. The van der Waals surface area contributed by atoms with Gasteiger partial charge < -0.3 is 17.7 Å². The Kier molecular flexibility index (Phi) is 11.7. The molecule has 8 aromatic rings. The third-order valence-electron chi connectivity index (χ3n) is 7.69. The van der Waals surface area contributed by atoms with E-state index in [0.717, 1.165) is 0 Å². The van der Waals surface area contributed by atoms with Crippen molar-refractivity contribution in [3.8, 4) is 68.1 Å². The highest BCUT2D eigenvalue weighted by Crippen LogP contribution is 2.44. The van der Waals surface area contributed by atoms with Crippen molar-refractivity contribution in [2.75, 3.05) is 0 Å². The van der Waals surface area contributed by atoms with Crippen LogP contribution in [0.5, 0.6) is 0 Å². The smallest absolute Gasteiger partial charge is 0.258 e. The molecular formula is C32H2F16I2N8O4. The molecule has 8 heterocycles. The molecule has 62 heavy (non-hydrogen) atoms. The number of hydrogen-bond acceptors (Lipinski definition) is 12. The average molecular weight is 1120 g/mol. The van der Waals surface area contributed by atoms with Gasteiger partial charge in [-0.1, -0.05) is 0 Å². The van der Waals surface area contributed by atoms with Crippen LogP contribution in [0.4, 0.5) is 70.2 Å². The standard InChI is InChI=1S/C16F8I2N4O2.C16H2F8N4O2/c17-3-1(4(18)12(22)29-11(3)21)7-9(31-15(25)27-7)10-8(28-16(26)32-10)2-5(19)13(23)30-14(24)6(2)20;17-5-3(6(18)14(22)27-13(5)21)9-11(29-1-25-9)12-10(26-2-30-12)4-7(19)15(23)28-16(24)8(4)20/h;1-2H. The normalized spacial score (nSPS) is 11.4. The van der Waals surface area contributed by atoms with Crippen LogP contribution in [-0.4, -0.2) is 39.9 Å². The van der Waals surface area contributed by atoms with Gasteiger partial charge in [-0.15, -0.1) is 0 Å². The van der Waals surface area contributed by atoms with E-state index in [9.17, 15) is 70.2 Å². The molecule has 0 saturated heterocycles. The molecule has 8 rings (SSSR count). The number of pyridine rings is 4. The summed E-state index contributed by atoms with van der Waals surface area (Å²) in [7, 11) is 0. The fourth-order valence-electron chi connectivity index (χ4n) is 5.18. The van der Waals surface area contributed by atoms with Gasteiger partial charge in [0, 0.05) is 45.2 Å². The lowest BCUT2D eigenvalue weighted by atomic mass is 10.1. The van der Waals surface area contributed by atoms with Crippen LogP contribution in [0.2, 0.25) is 0 Å². The first-order valence-corrected chi connectivity index (χ1v) is 17.4. The molecule has 12 nitrogen and oxygen atoms in total. The van der Waals surface area contributed by atoms with Crippen molar-refractivity contribution in [1.82, 2.24) is 39.9 Å². The number of aromatic nitrogens is 8. The van der Waals surface area contributed by atoms with E-state index in [1.807, 2.05) is 0 Å². The fourth-order valence-corrected chi connectivity index (χ4v) is 6.11. The number of oxazole rings is 4. The van der Waals surface area contributed by atoms with Crippen LogP contribution in [0, 0.1) is 102 Å².